The number of amides is 3. The molecule has 2 aliphatic rings. The van der Waals surface area contributed by atoms with Crippen LogP contribution in [-0.2, 0) is 22.6 Å². The Kier molecular flexibility index (Phi) is 8.65. The van der Waals surface area contributed by atoms with E-state index in [0.29, 0.717) is 44.3 Å². The largest absolute Gasteiger partial charge is 0.454 e. The number of hydrogen-bond acceptors (Lipinski definition) is 6. The molecule has 3 amide bonds. The molecule has 1 atom stereocenters. The van der Waals surface area contributed by atoms with Crippen LogP contribution in [-0.4, -0.2) is 60.9 Å². The zero-order valence-corrected chi connectivity index (χ0v) is 20.5. The molecule has 2 aromatic rings. The molecule has 184 valence electrons. The first-order valence-electron chi connectivity index (χ1n) is 12.0. The predicted octanol–water partition coefficient (Wildman–Crippen LogP) is 4.00. The van der Waals surface area contributed by atoms with Crippen molar-refractivity contribution in [3.63, 3.8) is 0 Å². The van der Waals surface area contributed by atoms with Crippen molar-refractivity contribution in [1.29, 1.82) is 0 Å². The third-order valence-electron chi connectivity index (χ3n) is 5.96. The number of ether oxygens (including phenoxy) is 3. The molecule has 1 aromatic heterocycles. The highest BCUT2D eigenvalue weighted by atomic mass is 32.1. The fraction of sp³-hybridized carbons (Fsp3) is 0.520. The van der Waals surface area contributed by atoms with Gasteiger partial charge >= 0.3 is 6.03 Å². The molecule has 9 heteroatoms. The van der Waals surface area contributed by atoms with Gasteiger partial charge in [0.15, 0.2) is 11.5 Å². The van der Waals surface area contributed by atoms with Crippen LogP contribution < -0.4 is 14.8 Å². The molecule has 1 fully saturated rings. The zero-order chi connectivity index (χ0) is 23.8. The third-order valence-corrected chi connectivity index (χ3v) is 6.82. The van der Waals surface area contributed by atoms with E-state index in [9.17, 15) is 9.59 Å². The van der Waals surface area contributed by atoms with E-state index in [4.69, 9.17) is 14.2 Å². The van der Waals surface area contributed by atoms with Gasteiger partial charge in [-0.05, 0) is 48.4 Å². The summed E-state index contributed by atoms with van der Waals surface area (Å²) in [5, 5.41) is 4.96. The average Bonchev–Trinajstić information content (AvgIpc) is 3.61. The SMILES string of the molecule is CCCCNC(=O)N(CC(=O)N(Cc1ccc2c(c1)OCO2)Cc1cccs1)C[C@H]1CCCO1. The molecule has 8 nitrogen and oxygen atoms in total. The molecule has 1 aromatic carbocycles. The molecule has 1 saturated heterocycles. The molecule has 34 heavy (non-hydrogen) atoms. The van der Waals surface area contributed by atoms with Crippen LogP contribution in [0.2, 0.25) is 0 Å². The monoisotopic (exact) mass is 487 g/mol. The van der Waals surface area contributed by atoms with Crippen molar-refractivity contribution in [3.8, 4) is 11.5 Å². The maximum Gasteiger partial charge on any atom is 0.317 e. The molecule has 0 spiro atoms. The Balaban J connectivity index is 1.47. The number of nitrogens with zero attached hydrogens (tertiary/aromatic N) is 2. The summed E-state index contributed by atoms with van der Waals surface area (Å²) < 4.78 is 16.7. The maximum atomic E-state index is 13.5. The Morgan fingerprint density at radius 1 is 1.15 bits per heavy atom. The number of rotatable bonds is 11. The summed E-state index contributed by atoms with van der Waals surface area (Å²) in [6, 6.07) is 9.52. The van der Waals surface area contributed by atoms with Crippen LogP contribution in [0.4, 0.5) is 4.79 Å². The Bertz CT molecular complexity index is 946. The van der Waals surface area contributed by atoms with Crippen LogP contribution in [0, 0.1) is 0 Å². The number of urea groups is 1. The number of carbonyl (C=O) groups excluding carboxylic acids is 2. The van der Waals surface area contributed by atoms with Gasteiger partial charge in [-0.25, -0.2) is 4.79 Å². The first kappa shape index (κ1) is 24.3. The number of hydrogen-bond donors (Lipinski definition) is 1. The zero-order valence-electron chi connectivity index (χ0n) is 19.7. The molecule has 3 heterocycles. The summed E-state index contributed by atoms with van der Waals surface area (Å²) in [5.41, 5.74) is 0.951. The van der Waals surface area contributed by atoms with Crippen LogP contribution in [0.3, 0.4) is 0 Å². The quantitative estimate of drug-likeness (QED) is 0.485. The van der Waals surface area contributed by atoms with Crippen LogP contribution in [0.15, 0.2) is 35.7 Å². The molecule has 0 radical (unpaired) electrons. The molecule has 2 aliphatic heterocycles. The number of nitrogens with one attached hydrogen (secondary N) is 1. The first-order valence-corrected chi connectivity index (χ1v) is 12.8. The van der Waals surface area contributed by atoms with Crippen LogP contribution >= 0.6 is 11.3 Å². The van der Waals surface area contributed by atoms with Gasteiger partial charge in [0.1, 0.15) is 6.54 Å². The molecule has 0 unspecified atom stereocenters. The molecule has 0 bridgehead atoms. The fourth-order valence-corrected chi connectivity index (χ4v) is 4.80. The number of unbranched alkanes of at least 4 members (excludes halogenated alkanes) is 1. The topological polar surface area (TPSA) is 80.3 Å². The molecule has 0 aliphatic carbocycles. The van der Waals surface area contributed by atoms with E-state index in [-0.39, 0.29) is 31.4 Å². The first-order chi connectivity index (χ1) is 16.6. The van der Waals surface area contributed by atoms with Crippen molar-refractivity contribution in [2.24, 2.45) is 0 Å². The molecule has 0 saturated carbocycles. The minimum absolute atomic E-state index is 0.00768. The molecular weight excluding hydrogens is 454 g/mol. The van der Waals surface area contributed by atoms with Gasteiger partial charge in [0.2, 0.25) is 12.7 Å². The van der Waals surface area contributed by atoms with Crippen molar-refractivity contribution in [3.05, 3.63) is 46.2 Å². The summed E-state index contributed by atoms with van der Waals surface area (Å²) in [6.45, 7) is 4.92. The van der Waals surface area contributed by atoms with E-state index in [1.807, 2.05) is 35.7 Å². The lowest BCUT2D eigenvalue weighted by Gasteiger charge is -2.29. The number of fused-ring (bicyclic) bond motifs is 1. The second kappa shape index (κ2) is 12.1. The summed E-state index contributed by atoms with van der Waals surface area (Å²) in [4.78, 5) is 31.0. The van der Waals surface area contributed by atoms with Crippen LogP contribution in [0.25, 0.3) is 0 Å². The lowest BCUT2D eigenvalue weighted by atomic mass is 10.1. The lowest BCUT2D eigenvalue weighted by Crippen LogP contribution is -2.49. The standard InChI is InChI=1S/C25H33N3O5S/c1-2-3-10-26-25(30)28(15-20-6-4-11-31-20)17-24(29)27(16-21-7-5-12-34-21)14-19-8-9-22-23(13-19)33-18-32-22/h5,7-9,12-13,20H,2-4,6,10-11,14-18H2,1H3,(H,26,30)/t20-/m1/s1. The van der Waals surface area contributed by atoms with Crippen molar-refractivity contribution in [1.82, 2.24) is 15.1 Å². The number of benzene rings is 1. The lowest BCUT2D eigenvalue weighted by molar-refractivity contribution is -0.133. The maximum absolute atomic E-state index is 13.5. The van der Waals surface area contributed by atoms with Gasteiger partial charge < -0.3 is 29.3 Å². The minimum atomic E-state index is -0.212. The number of carbonyl (C=O) groups is 2. The van der Waals surface area contributed by atoms with Crippen molar-refractivity contribution >= 4 is 23.3 Å². The predicted molar refractivity (Wildman–Crippen MR) is 130 cm³/mol. The van der Waals surface area contributed by atoms with Crippen molar-refractivity contribution in [2.45, 2.75) is 51.8 Å². The van der Waals surface area contributed by atoms with Crippen LogP contribution in [0.5, 0.6) is 11.5 Å². The normalized spacial score (nSPS) is 16.4. The van der Waals surface area contributed by atoms with E-state index in [2.05, 4.69) is 12.2 Å². The highest BCUT2D eigenvalue weighted by molar-refractivity contribution is 7.09. The van der Waals surface area contributed by atoms with Crippen LogP contribution in [0.1, 0.15) is 43.0 Å². The van der Waals surface area contributed by atoms with E-state index < -0.39 is 0 Å². The Hall–Kier alpha value is -2.78. The summed E-state index contributed by atoms with van der Waals surface area (Å²) >= 11 is 1.61. The Morgan fingerprint density at radius 3 is 2.79 bits per heavy atom. The molecular formula is C25H33N3O5S. The average molecular weight is 488 g/mol. The fourth-order valence-electron chi connectivity index (χ4n) is 4.08. The van der Waals surface area contributed by atoms with E-state index in [0.717, 1.165) is 36.1 Å². The second-order valence-corrected chi connectivity index (χ2v) is 9.65. The third kappa shape index (κ3) is 6.64. The van der Waals surface area contributed by atoms with Crippen molar-refractivity contribution in [2.75, 3.05) is 33.0 Å². The Morgan fingerprint density at radius 2 is 2.03 bits per heavy atom. The summed E-state index contributed by atoms with van der Waals surface area (Å²) in [5.74, 6) is 1.30. The van der Waals surface area contributed by atoms with E-state index in [1.54, 1.807) is 21.1 Å². The van der Waals surface area contributed by atoms with Gasteiger partial charge in [-0.15, -0.1) is 11.3 Å². The summed E-state index contributed by atoms with van der Waals surface area (Å²) in [7, 11) is 0. The van der Waals surface area contributed by atoms with Gasteiger partial charge in [-0.3, -0.25) is 4.79 Å². The molecule has 4 rings (SSSR count). The van der Waals surface area contributed by atoms with Gasteiger partial charge in [-0.2, -0.15) is 0 Å². The second-order valence-electron chi connectivity index (χ2n) is 8.62. The van der Waals surface area contributed by atoms with Gasteiger partial charge in [0.05, 0.1) is 12.6 Å². The van der Waals surface area contributed by atoms with Gasteiger partial charge in [0, 0.05) is 31.1 Å². The summed E-state index contributed by atoms with van der Waals surface area (Å²) in [6.07, 6.45) is 3.77. The van der Waals surface area contributed by atoms with Gasteiger partial charge in [-0.1, -0.05) is 25.5 Å². The highest BCUT2D eigenvalue weighted by Gasteiger charge is 2.27. The van der Waals surface area contributed by atoms with Gasteiger partial charge in [0.25, 0.3) is 0 Å². The molecule has 1 N–H and O–H groups in total. The Labute approximate surface area is 204 Å². The highest BCUT2D eigenvalue weighted by Crippen LogP contribution is 2.33. The smallest absolute Gasteiger partial charge is 0.317 e. The van der Waals surface area contributed by atoms with E-state index >= 15 is 0 Å². The minimum Gasteiger partial charge on any atom is -0.454 e. The van der Waals surface area contributed by atoms with Crippen molar-refractivity contribution < 1.29 is 23.8 Å². The number of thiophene rings is 1. The van der Waals surface area contributed by atoms with E-state index in [1.165, 1.54) is 0 Å².